The summed E-state index contributed by atoms with van der Waals surface area (Å²) in [6.45, 7) is 3.37. The number of rotatable bonds is 7. The SMILES string of the molecule is CC[C@@H](NC(=O)[C@H](C)N(c1ccc(F)c(F)c1)S(C)(=O)=O)c1ccc2c(c1)CCCC2. The Balaban J connectivity index is 1.84. The number of nitrogens with zero attached hydrogens (tertiary/aromatic N) is 1. The van der Waals surface area contributed by atoms with E-state index in [0.29, 0.717) is 6.42 Å². The van der Waals surface area contributed by atoms with Crippen LogP contribution in [-0.2, 0) is 27.7 Å². The second-order valence-corrected chi connectivity index (χ2v) is 9.90. The Labute approximate surface area is 182 Å². The Bertz CT molecular complexity index is 1070. The number of carbonyl (C=O) groups is 1. The molecule has 0 bridgehead atoms. The zero-order chi connectivity index (χ0) is 22.8. The first-order chi connectivity index (χ1) is 14.6. The Hall–Kier alpha value is -2.48. The van der Waals surface area contributed by atoms with E-state index in [0.717, 1.165) is 53.6 Å². The van der Waals surface area contributed by atoms with Crippen molar-refractivity contribution in [3.8, 4) is 0 Å². The van der Waals surface area contributed by atoms with Gasteiger partial charge < -0.3 is 5.32 Å². The second-order valence-electron chi connectivity index (χ2n) is 8.04. The normalized spacial score (nSPS) is 15.6. The van der Waals surface area contributed by atoms with Crippen LogP contribution in [0.1, 0.15) is 55.8 Å². The Morgan fingerprint density at radius 1 is 1.06 bits per heavy atom. The van der Waals surface area contributed by atoms with Gasteiger partial charge in [-0.05, 0) is 67.9 Å². The van der Waals surface area contributed by atoms with Gasteiger partial charge in [0.15, 0.2) is 11.6 Å². The molecule has 0 radical (unpaired) electrons. The molecule has 0 saturated carbocycles. The number of amides is 1. The van der Waals surface area contributed by atoms with Gasteiger partial charge in [0.25, 0.3) is 0 Å². The summed E-state index contributed by atoms with van der Waals surface area (Å²) >= 11 is 0. The highest BCUT2D eigenvalue weighted by Crippen LogP contribution is 2.27. The Kier molecular flexibility index (Phi) is 6.99. The predicted molar refractivity (Wildman–Crippen MR) is 117 cm³/mol. The fraction of sp³-hybridized carbons (Fsp3) is 0.435. The molecule has 0 fully saturated rings. The number of hydrogen-bond donors (Lipinski definition) is 1. The predicted octanol–water partition coefficient (Wildman–Crippen LogP) is 4.27. The summed E-state index contributed by atoms with van der Waals surface area (Å²) in [6.07, 6.45) is 5.96. The van der Waals surface area contributed by atoms with Crippen molar-refractivity contribution in [3.05, 3.63) is 64.7 Å². The van der Waals surface area contributed by atoms with Crippen LogP contribution in [0.25, 0.3) is 0 Å². The number of halogens is 2. The Morgan fingerprint density at radius 2 is 1.74 bits per heavy atom. The molecular formula is C23H28F2N2O3S. The maximum absolute atomic E-state index is 13.7. The van der Waals surface area contributed by atoms with E-state index in [9.17, 15) is 22.0 Å². The van der Waals surface area contributed by atoms with Crippen LogP contribution in [0.15, 0.2) is 36.4 Å². The first-order valence-electron chi connectivity index (χ1n) is 10.5. The van der Waals surface area contributed by atoms with Gasteiger partial charge in [-0.25, -0.2) is 17.2 Å². The third-order valence-corrected chi connectivity index (χ3v) is 6.99. The number of aryl methyl sites for hydroxylation is 2. The first kappa shape index (κ1) is 23.2. The number of hydrogen-bond acceptors (Lipinski definition) is 3. The van der Waals surface area contributed by atoms with E-state index in [1.165, 1.54) is 24.5 Å². The molecule has 0 spiro atoms. The van der Waals surface area contributed by atoms with Crippen molar-refractivity contribution < 1.29 is 22.0 Å². The third-order valence-electron chi connectivity index (χ3n) is 5.75. The highest BCUT2D eigenvalue weighted by atomic mass is 32.2. The van der Waals surface area contributed by atoms with Gasteiger partial charge in [0.2, 0.25) is 15.9 Å². The van der Waals surface area contributed by atoms with Gasteiger partial charge in [0, 0.05) is 6.07 Å². The summed E-state index contributed by atoms with van der Waals surface area (Å²) in [5, 5.41) is 2.93. The molecule has 3 rings (SSSR count). The third kappa shape index (κ3) is 5.23. The van der Waals surface area contributed by atoms with Gasteiger partial charge in [-0.2, -0.15) is 0 Å². The highest BCUT2D eigenvalue weighted by molar-refractivity contribution is 7.92. The van der Waals surface area contributed by atoms with Crippen LogP contribution in [0.5, 0.6) is 0 Å². The average Bonchev–Trinajstić information content (AvgIpc) is 2.73. The van der Waals surface area contributed by atoms with Gasteiger partial charge in [-0.1, -0.05) is 25.1 Å². The largest absolute Gasteiger partial charge is 0.347 e. The van der Waals surface area contributed by atoms with Crippen molar-refractivity contribution in [1.82, 2.24) is 5.32 Å². The molecule has 0 heterocycles. The molecule has 0 aromatic heterocycles. The number of nitrogens with one attached hydrogen (secondary N) is 1. The van der Waals surface area contributed by atoms with Gasteiger partial charge in [0.1, 0.15) is 6.04 Å². The summed E-state index contributed by atoms with van der Waals surface area (Å²) in [7, 11) is -3.93. The van der Waals surface area contributed by atoms with Crippen LogP contribution >= 0.6 is 0 Å². The molecule has 2 aromatic rings. The van der Waals surface area contributed by atoms with Crippen molar-refractivity contribution >= 4 is 21.6 Å². The van der Waals surface area contributed by atoms with Gasteiger partial charge >= 0.3 is 0 Å². The van der Waals surface area contributed by atoms with E-state index in [2.05, 4.69) is 17.4 Å². The van der Waals surface area contributed by atoms with Crippen LogP contribution < -0.4 is 9.62 Å². The second kappa shape index (κ2) is 9.34. The number of sulfonamides is 1. The Morgan fingerprint density at radius 3 is 2.35 bits per heavy atom. The quantitative estimate of drug-likeness (QED) is 0.685. The molecule has 5 nitrogen and oxygen atoms in total. The van der Waals surface area contributed by atoms with Gasteiger partial charge in [-0.15, -0.1) is 0 Å². The monoisotopic (exact) mass is 450 g/mol. The molecule has 1 N–H and O–H groups in total. The van der Waals surface area contributed by atoms with E-state index in [-0.39, 0.29) is 11.7 Å². The lowest BCUT2D eigenvalue weighted by Crippen LogP contribution is -2.48. The van der Waals surface area contributed by atoms with Crippen molar-refractivity contribution in [2.75, 3.05) is 10.6 Å². The van der Waals surface area contributed by atoms with E-state index < -0.39 is 33.6 Å². The summed E-state index contributed by atoms with van der Waals surface area (Å²) < 4.78 is 52.6. The van der Waals surface area contributed by atoms with Crippen molar-refractivity contribution in [1.29, 1.82) is 0 Å². The van der Waals surface area contributed by atoms with Gasteiger partial charge in [0.05, 0.1) is 18.0 Å². The minimum absolute atomic E-state index is 0.106. The average molecular weight is 451 g/mol. The highest BCUT2D eigenvalue weighted by Gasteiger charge is 2.31. The zero-order valence-corrected chi connectivity index (χ0v) is 18.8. The number of fused-ring (bicyclic) bond motifs is 1. The fourth-order valence-corrected chi connectivity index (χ4v) is 5.28. The minimum Gasteiger partial charge on any atom is -0.347 e. The fourth-order valence-electron chi connectivity index (χ4n) is 4.11. The lowest BCUT2D eigenvalue weighted by Gasteiger charge is -2.30. The lowest BCUT2D eigenvalue weighted by molar-refractivity contribution is -0.122. The van der Waals surface area contributed by atoms with E-state index in [1.807, 2.05) is 13.0 Å². The molecule has 1 aliphatic carbocycles. The van der Waals surface area contributed by atoms with Crippen LogP contribution in [0.4, 0.5) is 14.5 Å². The van der Waals surface area contributed by atoms with Crippen LogP contribution in [0.2, 0.25) is 0 Å². The minimum atomic E-state index is -3.93. The topological polar surface area (TPSA) is 66.5 Å². The van der Waals surface area contributed by atoms with Gasteiger partial charge in [-0.3, -0.25) is 9.10 Å². The first-order valence-corrected chi connectivity index (χ1v) is 12.3. The van der Waals surface area contributed by atoms with E-state index >= 15 is 0 Å². The molecule has 2 aromatic carbocycles. The number of anilines is 1. The van der Waals surface area contributed by atoms with Crippen molar-refractivity contribution in [3.63, 3.8) is 0 Å². The molecule has 8 heteroatoms. The standard InChI is InChI=1S/C23H28F2N2O3S/c1-4-22(18-10-9-16-7-5-6-8-17(16)13-18)26-23(28)15(2)27(31(3,29)30)19-11-12-20(24)21(25)14-19/h9-15,22H,4-8H2,1-3H3,(H,26,28)/t15-,22+/m0/s1. The molecule has 168 valence electrons. The van der Waals surface area contributed by atoms with Crippen LogP contribution in [0, 0.1) is 11.6 Å². The molecule has 0 aliphatic heterocycles. The summed E-state index contributed by atoms with van der Waals surface area (Å²) in [5.41, 5.74) is 3.50. The number of benzene rings is 2. The molecule has 2 atom stereocenters. The molecule has 31 heavy (non-hydrogen) atoms. The summed E-state index contributed by atoms with van der Waals surface area (Å²) in [4.78, 5) is 13.0. The maximum Gasteiger partial charge on any atom is 0.244 e. The lowest BCUT2D eigenvalue weighted by atomic mass is 9.88. The smallest absolute Gasteiger partial charge is 0.244 e. The van der Waals surface area contributed by atoms with E-state index in [1.54, 1.807) is 0 Å². The molecule has 1 aliphatic rings. The summed E-state index contributed by atoms with van der Waals surface area (Å²) in [5.74, 6) is -2.79. The number of carbonyl (C=O) groups excluding carboxylic acids is 1. The van der Waals surface area contributed by atoms with Crippen molar-refractivity contribution in [2.24, 2.45) is 0 Å². The van der Waals surface area contributed by atoms with Crippen LogP contribution in [-0.4, -0.2) is 26.6 Å². The maximum atomic E-state index is 13.7. The molecule has 0 saturated heterocycles. The molecule has 1 amide bonds. The zero-order valence-electron chi connectivity index (χ0n) is 18.0. The molecule has 0 unspecified atom stereocenters. The van der Waals surface area contributed by atoms with E-state index in [4.69, 9.17) is 0 Å². The van der Waals surface area contributed by atoms with Crippen molar-refractivity contribution in [2.45, 2.75) is 58.0 Å². The van der Waals surface area contributed by atoms with Crippen LogP contribution in [0.3, 0.4) is 0 Å². The summed E-state index contributed by atoms with van der Waals surface area (Å²) in [6, 6.07) is 7.57. The molecular weight excluding hydrogens is 422 g/mol.